The molecule has 0 bridgehead atoms. The molecule has 0 radical (unpaired) electrons. The minimum absolute atomic E-state index is 0.116. The quantitative estimate of drug-likeness (QED) is 0.748. The number of halogens is 1. The summed E-state index contributed by atoms with van der Waals surface area (Å²) in [7, 11) is 0. The van der Waals surface area contributed by atoms with Crippen LogP contribution in [0.3, 0.4) is 0 Å². The molecule has 4 heteroatoms. The number of anilines is 1. The molecule has 1 unspecified atom stereocenters. The summed E-state index contributed by atoms with van der Waals surface area (Å²) in [5.74, 6) is 0.256. The van der Waals surface area contributed by atoms with E-state index in [-0.39, 0.29) is 11.9 Å². The lowest BCUT2D eigenvalue weighted by molar-refractivity contribution is 0.339. The molecule has 0 aliphatic rings. The van der Waals surface area contributed by atoms with Gasteiger partial charge in [0.15, 0.2) is 0 Å². The monoisotopic (exact) mass is 305 g/mol. The number of thioether (sulfide) groups is 1. The topological polar surface area (TPSA) is 21.3 Å². The molecule has 112 valence electrons. The molecule has 1 N–H and O–H groups in total. The van der Waals surface area contributed by atoms with Crippen LogP contribution in [0.25, 0.3) is 0 Å². The van der Waals surface area contributed by atoms with Crippen LogP contribution in [-0.2, 0) is 0 Å². The second kappa shape index (κ2) is 7.36. The van der Waals surface area contributed by atoms with Gasteiger partial charge >= 0.3 is 0 Å². The van der Waals surface area contributed by atoms with Crippen molar-refractivity contribution in [3.63, 3.8) is 0 Å². The first kappa shape index (κ1) is 15.7. The third-order valence-corrected chi connectivity index (χ3v) is 3.97. The van der Waals surface area contributed by atoms with E-state index in [1.807, 2.05) is 6.92 Å². The Labute approximate surface area is 129 Å². The van der Waals surface area contributed by atoms with Gasteiger partial charge in [0.05, 0.1) is 12.3 Å². The second-order valence-corrected chi connectivity index (χ2v) is 5.59. The summed E-state index contributed by atoms with van der Waals surface area (Å²) in [6.45, 7) is 4.47. The molecule has 2 rings (SSSR count). The van der Waals surface area contributed by atoms with Crippen molar-refractivity contribution >= 4 is 17.4 Å². The Hall–Kier alpha value is -1.68. The molecule has 2 aromatic rings. The van der Waals surface area contributed by atoms with Crippen molar-refractivity contribution in [2.24, 2.45) is 0 Å². The van der Waals surface area contributed by atoms with Gasteiger partial charge in [0.2, 0.25) is 0 Å². The van der Waals surface area contributed by atoms with Crippen LogP contribution in [0, 0.1) is 5.82 Å². The molecular formula is C17H20FNOS. The predicted molar refractivity (Wildman–Crippen MR) is 87.8 cm³/mol. The predicted octanol–water partition coefficient (Wildman–Crippen LogP) is 5.12. The Balaban J connectivity index is 2.16. The molecule has 0 aromatic heterocycles. The summed E-state index contributed by atoms with van der Waals surface area (Å²) < 4.78 is 18.8. The number of ether oxygens (including phenoxy) is 1. The lowest BCUT2D eigenvalue weighted by Gasteiger charge is -2.18. The van der Waals surface area contributed by atoms with E-state index in [0.717, 1.165) is 5.69 Å². The van der Waals surface area contributed by atoms with E-state index in [1.165, 1.54) is 22.6 Å². The molecule has 0 amide bonds. The highest BCUT2D eigenvalue weighted by atomic mass is 32.2. The van der Waals surface area contributed by atoms with E-state index in [9.17, 15) is 4.39 Å². The summed E-state index contributed by atoms with van der Waals surface area (Å²) in [5, 5.41) is 3.38. The van der Waals surface area contributed by atoms with Crippen molar-refractivity contribution < 1.29 is 9.13 Å². The zero-order chi connectivity index (χ0) is 15.2. The molecular weight excluding hydrogens is 285 g/mol. The summed E-state index contributed by atoms with van der Waals surface area (Å²) in [4.78, 5) is 1.24. The van der Waals surface area contributed by atoms with Crippen LogP contribution in [0.2, 0.25) is 0 Å². The van der Waals surface area contributed by atoms with Crippen LogP contribution < -0.4 is 10.1 Å². The average Bonchev–Trinajstić information content (AvgIpc) is 2.50. The summed E-state index contributed by atoms with van der Waals surface area (Å²) in [6.07, 6.45) is 2.06. The minimum atomic E-state index is -0.291. The largest absolute Gasteiger partial charge is 0.492 e. The maximum atomic E-state index is 13.3. The molecule has 0 aliphatic carbocycles. The zero-order valence-electron chi connectivity index (χ0n) is 12.5. The fourth-order valence-corrected chi connectivity index (χ4v) is 2.51. The molecule has 0 heterocycles. The molecule has 0 saturated carbocycles. The van der Waals surface area contributed by atoms with E-state index in [4.69, 9.17) is 4.74 Å². The highest BCUT2D eigenvalue weighted by Crippen LogP contribution is 2.29. The molecule has 2 aromatic carbocycles. The van der Waals surface area contributed by atoms with Crippen LogP contribution >= 0.6 is 11.8 Å². The Morgan fingerprint density at radius 2 is 1.90 bits per heavy atom. The van der Waals surface area contributed by atoms with Crippen LogP contribution in [0.5, 0.6) is 5.75 Å². The van der Waals surface area contributed by atoms with Gasteiger partial charge in [-0.25, -0.2) is 4.39 Å². The van der Waals surface area contributed by atoms with E-state index in [1.54, 1.807) is 17.8 Å². The SMILES string of the molecule is CCOc1cc(F)ccc1NC(C)c1ccc(SC)cc1. The Kier molecular flexibility index (Phi) is 5.51. The summed E-state index contributed by atoms with van der Waals surface area (Å²) in [6, 6.07) is 13.1. The highest BCUT2D eigenvalue weighted by molar-refractivity contribution is 7.98. The van der Waals surface area contributed by atoms with Gasteiger partial charge in [0, 0.05) is 17.0 Å². The lowest BCUT2D eigenvalue weighted by atomic mass is 10.1. The first-order valence-corrected chi connectivity index (χ1v) is 8.19. The van der Waals surface area contributed by atoms with Crippen LogP contribution in [0.4, 0.5) is 10.1 Å². The third kappa shape index (κ3) is 4.14. The van der Waals surface area contributed by atoms with E-state index in [2.05, 4.69) is 42.8 Å². The minimum Gasteiger partial charge on any atom is -0.492 e. The van der Waals surface area contributed by atoms with Crippen molar-refractivity contribution in [1.29, 1.82) is 0 Å². The van der Waals surface area contributed by atoms with Crippen molar-refractivity contribution in [3.8, 4) is 5.75 Å². The van der Waals surface area contributed by atoms with E-state index in [0.29, 0.717) is 12.4 Å². The highest BCUT2D eigenvalue weighted by Gasteiger charge is 2.10. The Morgan fingerprint density at radius 3 is 2.52 bits per heavy atom. The van der Waals surface area contributed by atoms with Gasteiger partial charge in [0.1, 0.15) is 11.6 Å². The van der Waals surface area contributed by atoms with Crippen molar-refractivity contribution in [3.05, 3.63) is 53.8 Å². The van der Waals surface area contributed by atoms with Crippen LogP contribution in [-0.4, -0.2) is 12.9 Å². The molecule has 2 nitrogen and oxygen atoms in total. The molecule has 1 atom stereocenters. The second-order valence-electron chi connectivity index (χ2n) is 4.71. The standard InChI is InChI=1S/C17H20FNOS/c1-4-20-17-11-14(18)7-10-16(17)19-12(2)13-5-8-15(21-3)9-6-13/h5-12,19H,4H2,1-3H3. The summed E-state index contributed by atoms with van der Waals surface area (Å²) in [5.41, 5.74) is 1.99. The fourth-order valence-electron chi connectivity index (χ4n) is 2.10. The zero-order valence-corrected chi connectivity index (χ0v) is 13.3. The number of benzene rings is 2. The lowest BCUT2D eigenvalue weighted by Crippen LogP contribution is -2.08. The van der Waals surface area contributed by atoms with Crippen molar-refractivity contribution in [2.75, 3.05) is 18.2 Å². The normalized spacial score (nSPS) is 12.0. The molecule has 21 heavy (non-hydrogen) atoms. The van der Waals surface area contributed by atoms with Gasteiger partial charge in [-0.15, -0.1) is 11.8 Å². The van der Waals surface area contributed by atoms with Gasteiger partial charge in [-0.1, -0.05) is 12.1 Å². The number of rotatable bonds is 6. The maximum Gasteiger partial charge on any atom is 0.145 e. The van der Waals surface area contributed by atoms with Gasteiger partial charge in [-0.3, -0.25) is 0 Å². The van der Waals surface area contributed by atoms with Crippen LogP contribution in [0.1, 0.15) is 25.5 Å². The van der Waals surface area contributed by atoms with Crippen LogP contribution in [0.15, 0.2) is 47.4 Å². The molecule has 0 fully saturated rings. The molecule has 0 aliphatic heterocycles. The van der Waals surface area contributed by atoms with Gasteiger partial charge in [0.25, 0.3) is 0 Å². The van der Waals surface area contributed by atoms with Gasteiger partial charge in [-0.05, 0) is 49.9 Å². The van der Waals surface area contributed by atoms with Crippen molar-refractivity contribution in [2.45, 2.75) is 24.8 Å². The molecule has 0 saturated heterocycles. The van der Waals surface area contributed by atoms with E-state index >= 15 is 0 Å². The first-order chi connectivity index (χ1) is 10.1. The van der Waals surface area contributed by atoms with E-state index < -0.39 is 0 Å². The fraction of sp³-hybridized carbons (Fsp3) is 0.294. The number of hydrogen-bond acceptors (Lipinski definition) is 3. The Bertz CT molecular complexity index is 586. The number of hydrogen-bond donors (Lipinski definition) is 1. The first-order valence-electron chi connectivity index (χ1n) is 6.97. The average molecular weight is 305 g/mol. The molecule has 0 spiro atoms. The van der Waals surface area contributed by atoms with Crippen molar-refractivity contribution in [1.82, 2.24) is 0 Å². The number of nitrogens with one attached hydrogen (secondary N) is 1. The van der Waals surface area contributed by atoms with Gasteiger partial charge in [-0.2, -0.15) is 0 Å². The Morgan fingerprint density at radius 1 is 1.19 bits per heavy atom. The smallest absolute Gasteiger partial charge is 0.145 e. The van der Waals surface area contributed by atoms with Gasteiger partial charge < -0.3 is 10.1 Å². The third-order valence-electron chi connectivity index (χ3n) is 3.23. The maximum absolute atomic E-state index is 13.3. The summed E-state index contributed by atoms with van der Waals surface area (Å²) >= 11 is 1.72.